The maximum atomic E-state index is 4.74. The highest BCUT2D eigenvalue weighted by atomic mass is 32.2. The minimum atomic E-state index is 0.899. The van der Waals surface area contributed by atoms with E-state index < -0.39 is 0 Å². The van der Waals surface area contributed by atoms with Crippen LogP contribution in [0, 0.1) is 0 Å². The molecule has 0 spiro atoms. The average molecular weight is 245 g/mol. The van der Waals surface area contributed by atoms with Crippen molar-refractivity contribution in [1.29, 1.82) is 0 Å². The van der Waals surface area contributed by atoms with Gasteiger partial charge in [0.15, 0.2) is 5.17 Å². The minimum Gasteiger partial charge on any atom is -0.364 e. The highest BCUT2D eigenvalue weighted by Gasteiger charge is 1.97. The van der Waals surface area contributed by atoms with Gasteiger partial charge < -0.3 is 9.84 Å². The van der Waals surface area contributed by atoms with Crippen molar-refractivity contribution in [2.75, 3.05) is 25.6 Å². The smallest absolute Gasteiger partial charge is 0.156 e. The van der Waals surface area contributed by atoms with Gasteiger partial charge in [-0.3, -0.25) is 4.99 Å². The molecule has 0 fully saturated rings. The first kappa shape index (κ1) is 12.4. The van der Waals surface area contributed by atoms with Gasteiger partial charge in [-0.15, -0.1) is 0 Å². The molecule has 0 atom stereocenters. The maximum Gasteiger partial charge on any atom is 0.156 e. The zero-order valence-electron chi connectivity index (χ0n) is 8.90. The normalized spacial score (nSPS) is 11.7. The summed E-state index contributed by atoms with van der Waals surface area (Å²) in [5.74, 6) is 1.93. The second-order valence-corrected chi connectivity index (χ2v) is 4.60. The Hall–Kier alpha value is -0.620. The SMILES string of the molecule is CN=C(NCCSCc1ccon1)SC. The highest BCUT2D eigenvalue weighted by molar-refractivity contribution is 8.13. The maximum absolute atomic E-state index is 4.74. The first-order chi connectivity index (χ1) is 7.36. The van der Waals surface area contributed by atoms with E-state index in [0.717, 1.165) is 28.9 Å². The monoisotopic (exact) mass is 245 g/mol. The van der Waals surface area contributed by atoms with E-state index in [4.69, 9.17) is 4.52 Å². The Balaban J connectivity index is 2.02. The third kappa shape index (κ3) is 5.13. The molecule has 1 aromatic rings. The molecule has 1 aromatic heterocycles. The molecule has 0 aliphatic heterocycles. The number of nitrogens with one attached hydrogen (secondary N) is 1. The van der Waals surface area contributed by atoms with Crippen molar-refractivity contribution in [3.05, 3.63) is 18.0 Å². The number of hydrogen-bond donors (Lipinski definition) is 1. The van der Waals surface area contributed by atoms with Gasteiger partial charge in [-0.05, 0) is 6.26 Å². The Labute approximate surface area is 98.3 Å². The molecule has 84 valence electrons. The lowest BCUT2D eigenvalue weighted by atomic mass is 10.5. The first-order valence-corrected chi connectivity index (χ1v) is 6.96. The number of nitrogens with zero attached hydrogens (tertiary/aromatic N) is 2. The Morgan fingerprint density at radius 3 is 3.13 bits per heavy atom. The van der Waals surface area contributed by atoms with Crippen LogP contribution in [0.25, 0.3) is 0 Å². The van der Waals surface area contributed by atoms with E-state index >= 15 is 0 Å². The molecule has 0 amide bonds. The van der Waals surface area contributed by atoms with Crippen LogP contribution in [0.2, 0.25) is 0 Å². The number of rotatable bonds is 5. The lowest BCUT2D eigenvalue weighted by molar-refractivity contribution is 0.414. The summed E-state index contributed by atoms with van der Waals surface area (Å²) in [5, 5.41) is 8.07. The van der Waals surface area contributed by atoms with Crippen LogP contribution in [0.4, 0.5) is 0 Å². The van der Waals surface area contributed by atoms with Crippen LogP contribution in [0.3, 0.4) is 0 Å². The summed E-state index contributed by atoms with van der Waals surface area (Å²) >= 11 is 3.45. The van der Waals surface area contributed by atoms with Crippen LogP contribution in [-0.4, -0.2) is 35.9 Å². The fourth-order valence-corrected chi connectivity index (χ4v) is 2.14. The van der Waals surface area contributed by atoms with Crippen LogP contribution in [0.5, 0.6) is 0 Å². The quantitative estimate of drug-likeness (QED) is 0.487. The molecular formula is C9H15N3OS2. The average Bonchev–Trinajstić information content (AvgIpc) is 2.76. The fourth-order valence-electron chi connectivity index (χ4n) is 0.961. The number of amidine groups is 1. The van der Waals surface area contributed by atoms with E-state index in [-0.39, 0.29) is 0 Å². The first-order valence-electron chi connectivity index (χ1n) is 4.58. The Kier molecular flexibility index (Phi) is 6.34. The zero-order chi connectivity index (χ0) is 10.9. The lowest BCUT2D eigenvalue weighted by Crippen LogP contribution is -2.22. The summed E-state index contributed by atoms with van der Waals surface area (Å²) < 4.78 is 4.74. The van der Waals surface area contributed by atoms with Crippen LogP contribution >= 0.6 is 23.5 Å². The number of hydrogen-bond acceptors (Lipinski definition) is 5. The Bertz CT molecular complexity index is 288. The van der Waals surface area contributed by atoms with Crippen LogP contribution < -0.4 is 5.32 Å². The van der Waals surface area contributed by atoms with E-state index in [0.29, 0.717) is 0 Å². The van der Waals surface area contributed by atoms with E-state index in [1.165, 1.54) is 0 Å². The Morgan fingerprint density at radius 2 is 2.53 bits per heavy atom. The van der Waals surface area contributed by atoms with E-state index in [1.807, 2.05) is 24.1 Å². The molecule has 0 aromatic carbocycles. The van der Waals surface area contributed by atoms with Crippen molar-refractivity contribution in [3.8, 4) is 0 Å². The second-order valence-electron chi connectivity index (χ2n) is 2.70. The number of thioether (sulfide) groups is 2. The summed E-state index contributed by atoms with van der Waals surface area (Å²) in [6, 6.07) is 1.89. The van der Waals surface area contributed by atoms with Crippen LogP contribution in [0.15, 0.2) is 21.8 Å². The summed E-state index contributed by atoms with van der Waals surface area (Å²) in [5.41, 5.74) is 0.995. The highest BCUT2D eigenvalue weighted by Crippen LogP contribution is 2.08. The fraction of sp³-hybridized carbons (Fsp3) is 0.556. The second kappa shape index (κ2) is 7.64. The molecule has 1 heterocycles. The molecule has 4 nitrogen and oxygen atoms in total. The molecule has 1 N–H and O–H groups in total. The van der Waals surface area contributed by atoms with E-state index in [9.17, 15) is 0 Å². The molecule has 15 heavy (non-hydrogen) atoms. The van der Waals surface area contributed by atoms with Crippen LogP contribution in [-0.2, 0) is 5.75 Å². The van der Waals surface area contributed by atoms with Crippen molar-refractivity contribution in [2.24, 2.45) is 4.99 Å². The Morgan fingerprint density at radius 1 is 1.67 bits per heavy atom. The molecule has 0 aliphatic rings. The summed E-state index contributed by atoms with van der Waals surface area (Å²) in [6.07, 6.45) is 3.61. The molecule has 1 rings (SSSR count). The van der Waals surface area contributed by atoms with Gasteiger partial charge in [-0.25, -0.2) is 0 Å². The summed E-state index contributed by atoms with van der Waals surface area (Å²) in [6.45, 7) is 0.927. The van der Waals surface area contributed by atoms with Gasteiger partial charge in [0.05, 0.1) is 5.69 Å². The van der Waals surface area contributed by atoms with Gasteiger partial charge in [0, 0.05) is 31.2 Å². The van der Waals surface area contributed by atoms with Crippen molar-refractivity contribution in [1.82, 2.24) is 10.5 Å². The minimum absolute atomic E-state index is 0.899. The largest absolute Gasteiger partial charge is 0.364 e. The van der Waals surface area contributed by atoms with Gasteiger partial charge >= 0.3 is 0 Å². The molecule has 0 saturated carbocycles. The lowest BCUT2D eigenvalue weighted by Gasteiger charge is -2.05. The molecule has 6 heteroatoms. The van der Waals surface area contributed by atoms with Gasteiger partial charge in [-0.2, -0.15) is 11.8 Å². The third-order valence-electron chi connectivity index (χ3n) is 1.66. The molecule has 0 radical (unpaired) electrons. The van der Waals surface area contributed by atoms with Crippen molar-refractivity contribution in [2.45, 2.75) is 5.75 Å². The van der Waals surface area contributed by atoms with E-state index in [2.05, 4.69) is 15.5 Å². The molecule has 0 bridgehead atoms. The topological polar surface area (TPSA) is 50.4 Å². The molecule has 0 unspecified atom stereocenters. The predicted octanol–water partition coefficient (Wildman–Crippen LogP) is 1.85. The van der Waals surface area contributed by atoms with Crippen molar-refractivity contribution < 1.29 is 4.52 Å². The predicted molar refractivity (Wildman–Crippen MR) is 67.5 cm³/mol. The molecular weight excluding hydrogens is 230 g/mol. The summed E-state index contributed by atoms with van der Waals surface area (Å²) in [4.78, 5) is 4.09. The van der Waals surface area contributed by atoms with Gasteiger partial charge in [0.2, 0.25) is 0 Å². The zero-order valence-corrected chi connectivity index (χ0v) is 10.5. The van der Waals surface area contributed by atoms with Crippen molar-refractivity contribution in [3.63, 3.8) is 0 Å². The van der Waals surface area contributed by atoms with Gasteiger partial charge in [-0.1, -0.05) is 16.9 Å². The van der Waals surface area contributed by atoms with Crippen molar-refractivity contribution >= 4 is 28.7 Å². The summed E-state index contributed by atoms with van der Waals surface area (Å²) in [7, 11) is 1.79. The molecule has 0 saturated heterocycles. The molecule has 0 aliphatic carbocycles. The number of aliphatic imine (C=N–C) groups is 1. The van der Waals surface area contributed by atoms with Gasteiger partial charge in [0.1, 0.15) is 6.26 Å². The van der Waals surface area contributed by atoms with Gasteiger partial charge in [0.25, 0.3) is 0 Å². The number of aromatic nitrogens is 1. The van der Waals surface area contributed by atoms with E-state index in [1.54, 1.807) is 25.1 Å². The van der Waals surface area contributed by atoms with Crippen LogP contribution in [0.1, 0.15) is 5.69 Å². The third-order valence-corrected chi connectivity index (χ3v) is 3.37. The standard InChI is InChI=1S/C9H15N3OS2/c1-10-9(14-2)11-4-6-15-7-8-3-5-13-12-8/h3,5H,4,6-7H2,1-2H3,(H,10,11).